The summed E-state index contributed by atoms with van der Waals surface area (Å²) in [5, 5.41) is 8.69. The van der Waals surface area contributed by atoms with Crippen molar-refractivity contribution in [2.45, 2.75) is 32.6 Å². The fraction of sp³-hybridized carbons (Fsp3) is 0.500. The summed E-state index contributed by atoms with van der Waals surface area (Å²) >= 11 is 0. The van der Waals surface area contributed by atoms with Gasteiger partial charge in [-0.05, 0) is 0 Å². The summed E-state index contributed by atoms with van der Waals surface area (Å²) in [5.74, 6) is -1.25. The molecule has 0 bridgehead atoms. The maximum Gasteiger partial charge on any atom is 0.339 e. The van der Waals surface area contributed by atoms with Gasteiger partial charge in [0.05, 0.1) is 0 Å². The Morgan fingerprint density at radius 1 is 1.44 bits per heavy atom. The van der Waals surface area contributed by atoms with Crippen LogP contribution in [0.1, 0.15) is 49.1 Å². The van der Waals surface area contributed by atoms with Crippen LogP contribution in [0.25, 0.3) is 0 Å². The summed E-state index contributed by atoms with van der Waals surface area (Å²) in [5.41, 5.74) is -1.78. The van der Waals surface area contributed by atoms with Crippen LogP contribution in [0.2, 0.25) is 0 Å². The zero-order chi connectivity index (χ0) is 12.5. The second-order valence-corrected chi connectivity index (χ2v) is 4.35. The van der Waals surface area contributed by atoms with E-state index in [2.05, 4.69) is 9.97 Å². The second kappa shape index (κ2) is 4.11. The normalized spacial score (nSPS) is 11.9. The minimum Gasteiger partial charge on any atom is -0.478 e. The lowest BCUT2D eigenvalue weighted by Gasteiger charge is -2.17. The Labute approximate surface area is 91.3 Å². The molecule has 1 rings (SSSR count). The molecule has 16 heavy (non-hydrogen) atoms. The lowest BCUT2D eigenvalue weighted by molar-refractivity contribution is 0.0681. The maximum atomic E-state index is 12.6. The summed E-state index contributed by atoms with van der Waals surface area (Å²) in [6.45, 7) is 5.29. The van der Waals surface area contributed by atoms with Crippen LogP contribution in [0.4, 0.5) is 8.78 Å². The van der Waals surface area contributed by atoms with Gasteiger partial charge in [-0.2, -0.15) is 0 Å². The molecule has 1 N–H and O–H groups in total. The monoisotopic (exact) mass is 230 g/mol. The third-order valence-electron chi connectivity index (χ3n) is 1.93. The van der Waals surface area contributed by atoms with Crippen LogP contribution >= 0.6 is 0 Å². The maximum absolute atomic E-state index is 12.6. The number of alkyl halides is 2. The Kier molecular flexibility index (Phi) is 3.21. The van der Waals surface area contributed by atoms with E-state index in [1.807, 2.05) is 0 Å². The molecule has 1 aromatic heterocycles. The van der Waals surface area contributed by atoms with Gasteiger partial charge in [-0.3, -0.25) is 0 Å². The van der Waals surface area contributed by atoms with Crippen molar-refractivity contribution in [1.82, 2.24) is 9.97 Å². The Morgan fingerprint density at radius 2 is 2.00 bits per heavy atom. The van der Waals surface area contributed by atoms with Crippen LogP contribution in [0.15, 0.2) is 6.20 Å². The average Bonchev–Trinajstić information content (AvgIpc) is 2.15. The average molecular weight is 230 g/mol. The zero-order valence-corrected chi connectivity index (χ0v) is 9.16. The highest BCUT2D eigenvalue weighted by Crippen LogP contribution is 2.24. The first kappa shape index (κ1) is 12.5. The number of hydrogen-bond acceptors (Lipinski definition) is 3. The number of aromatic carboxylic acids is 1. The van der Waals surface area contributed by atoms with Gasteiger partial charge in [-0.1, -0.05) is 20.8 Å². The summed E-state index contributed by atoms with van der Waals surface area (Å²) < 4.78 is 25.2. The topological polar surface area (TPSA) is 63.1 Å². The molecule has 0 aliphatic rings. The molecule has 6 heteroatoms. The molecule has 0 fully saturated rings. The van der Waals surface area contributed by atoms with Crippen molar-refractivity contribution in [3.63, 3.8) is 0 Å². The quantitative estimate of drug-likeness (QED) is 0.847. The molecule has 0 saturated heterocycles. The SMILES string of the molecule is CC(C)(C)c1ncc(C(=O)O)c(C(F)F)n1. The Balaban J connectivity index is 3.34. The number of hydrogen-bond donors (Lipinski definition) is 1. The number of carboxylic acid groups (broad SMARTS) is 1. The molecular weight excluding hydrogens is 218 g/mol. The zero-order valence-electron chi connectivity index (χ0n) is 9.16. The van der Waals surface area contributed by atoms with Crippen molar-refractivity contribution in [3.05, 3.63) is 23.3 Å². The lowest BCUT2D eigenvalue weighted by atomic mass is 9.95. The minimum atomic E-state index is -2.92. The molecule has 0 aliphatic carbocycles. The number of halogens is 2. The Hall–Kier alpha value is -1.59. The van der Waals surface area contributed by atoms with Gasteiger partial charge in [0.25, 0.3) is 6.43 Å². The van der Waals surface area contributed by atoms with Gasteiger partial charge in [0, 0.05) is 11.6 Å². The molecule has 0 aliphatic heterocycles. The van der Waals surface area contributed by atoms with Gasteiger partial charge in [0.1, 0.15) is 17.1 Å². The third-order valence-corrected chi connectivity index (χ3v) is 1.93. The smallest absolute Gasteiger partial charge is 0.339 e. The molecule has 0 unspecified atom stereocenters. The standard InChI is InChI=1S/C10H12F2N2O2/c1-10(2,3)9-13-4-5(8(15)16)6(14-9)7(11)12/h4,7H,1-3H3,(H,15,16). The van der Waals surface area contributed by atoms with E-state index < -0.39 is 29.1 Å². The summed E-state index contributed by atoms with van der Waals surface area (Å²) in [6, 6.07) is 0. The van der Waals surface area contributed by atoms with E-state index in [9.17, 15) is 13.6 Å². The number of aromatic nitrogens is 2. The van der Waals surface area contributed by atoms with Crippen LogP contribution in [-0.2, 0) is 5.41 Å². The molecule has 0 atom stereocenters. The van der Waals surface area contributed by atoms with Gasteiger partial charge >= 0.3 is 5.97 Å². The number of rotatable bonds is 2. The van der Waals surface area contributed by atoms with E-state index in [0.717, 1.165) is 6.20 Å². The number of nitrogens with zero attached hydrogens (tertiary/aromatic N) is 2. The number of carboxylic acids is 1. The first-order valence-corrected chi connectivity index (χ1v) is 4.62. The molecule has 0 amide bonds. The summed E-state index contributed by atoms with van der Waals surface area (Å²) in [7, 11) is 0. The molecule has 0 saturated carbocycles. The minimum absolute atomic E-state index is 0.202. The highest BCUT2D eigenvalue weighted by atomic mass is 19.3. The molecule has 1 aromatic rings. The van der Waals surface area contributed by atoms with Crippen molar-refractivity contribution >= 4 is 5.97 Å². The largest absolute Gasteiger partial charge is 0.478 e. The van der Waals surface area contributed by atoms with Gasteiger partial charge < -0.3 is 5.11 Å². The van der Waals surface area contributed by atoms with E-state index in [4.69, 9.17) is 5.11 Å². The van der Waals surface area contributed by atoms with Gasteiger partial charge in [0.2, 0.25) is 0 Å². The van der Waals surface area contributed by atoms with Crippen molar-refractivity contribution in [3.8, 4) is 0 Å². The molecule has 4 nitrogen and oxygen atoms in total. The lowest BCUT2D eigenvalue weighted by Crippen LogP contribution is -2.19. The molecular formula is C10H12F2N2O2. The van der Waals surface area contributed by atoms with Crippen molar-refractivity contribution in [1.29, 1.82) is 0 Å². The molecule has 0 radical (unpaired) electrons. The first-order valence-electron chi connectivity index (χ1n) is 4.62. The predicted octanol–water partition coefficient (Wildman–Crippen LogP) is 2.41. The highest BCUT2D eigenvalue weighted by molar-refractivity contribution is 5.88. The van der Waals surface area contributed by atoms with Gasteiger partial charge in [-0.25, -0.2) is 23.5 Å². The van der Waals surface area contributed by atoms with Crippen LogP contribution in [0.3, 0.4) is 0 Å². The van der Waals surface area contributed by atoms with Crippen molar-refractivity contribution in [2.75, 3.05) is 0 Å². The van der Waals surface area contributed by atoms with E-state index in [1.54, 1.807) is 20.8 Å². The summed E-state index contributed by atoms with van der Waals surface area (Å²) in [6.07, 6.45) is -1.99. The fourth-order valence-electron chi connectivity index (χ4n) is 1.09. The third kappa shape index (κ3) is 2.50. The predicted molar refractivity (Wildman–Crippen MR) is 52.6 cm³/mol. The van der Waals surface area contributed by atoms with Crippen LogP contribution in [0, 0.1) is 0 Å². The molecule has 1 heterocycles. The Morgan fingerprint density at radius 3 is 2.38 bits per heavy atom. The van der Waals surface area contributed by atoms with Gasteiger partial charge in [-0.15, -0.1) is 0 Å². The molecule has 0 spiro atoms. The number of carbonyl (C=O) groups is 1. The van der Waals surface area contributed by atoms with Crippen LogP contribution < -0.4 is 0 Å². The van der Waals surface area contributed by atoms with E-state index >= 15 is 0 Å². The van der Waals surface area contributed by atoms with Gasteiger partial charge in [0.15, 0.2) is 0 Å². The van der Waals surface area contributed by atoms with E-state index in [1.165, 1.54) is 0 Å². The highest BCUT2D eigenvalue weighted by Gasteiger charge is 2.25. The molecule has 88 valence electrons. The van der Waals surface area contributed by atoms with Crippen LogP contribution in [0.5, 0.6) is 0 Å². The van der Waals surface area contributed by atoms with E-state index in [-0.39, 0.29) is 5.82 Å². The van der Waals surface area contributed by atoms with Crippen molar-refractivity contribution < 1.29 is 18.7 Å². The molecule has 0 aromatic carbocycles. The van der Waals surface area contributed by atoms with Crippen LogP contribution in [-0.4, -0.2) is 21.0 Å². The first-order chi connectivity index (χ1) is 7.23. The Bertz CT molecular complexity index is 414. The van der Waals surface area contributed by atoms with Crippen molar-refractivity contribution in [2.24, 2.45) is 0 Å². The fourth-order valence-corrected chi connectivity index (χ4v) is 1.09. The second-order valence-electron chi connectivity index (χ2n) is 4.35. The van der Waals surface area contributed by atoms with E-state index in [0.29, 0.717) is 0 Å². The summed E-state index contributed by atoms with van der Waals surface area (Å²) in [4.78, 5) is 18.1.